The van der Waals surface area contributed by atoms with Crippen LogP contribution in [0.3, 0.4) is 0 Å². The van der Waals surface area contributed by atoms with E-state index in [-0.39, 0.29) is 11.8 Å². The monoisotopic (exact) mass is 314 g/mol. The molecule has 4 rings (SSSR count). The van der Waals surface area contributed by atoms with Crippen LogP contribution in [0.15, 0.2) is 30.7 Å². The SMILES string of the molecule is CC1(C)OCC2CNCC21C(=O)NCc1ccn2ccnc2c1. The van der Waals surface area contributed by atoms with E-state index in [4.69, 9.17) is 4.74 Å². The lowest BCUT2D eigenvalue weighted by atomic mass is 9.68. The second-order valence-electron chi connectivity index (χ2n) is 7.03. The van der Waals surface area contributed by atoms with Gasteiger partial charge < -0.3 is 19.8 Å². The van der Waals surface area contributed by atoms with Crippen molar-refractivity contribution >= 4 is 11.6 Å². The van der Waals surface area contributed by atoms with Crippen LogP contribution < -0.4 is 10.6 Å². The third-order valence-corrected chi connectivity index (χ3v) is 5.53. The predicted molar refractivity (Wildman–Crippen MR) is 85.9 cm³/mol. The lowest BCUT2D eigenvalue weighted by Crippen LogP contribution is -2.55. The topological polar surface area (TPSA) is 67.7 Å². The number of ether oxygens (including phenoxy) is 1. The van der Waals surface area contributed by atoms with Crippen molar-refractivity contribution in [3.05, 3.63) is 36.3 Å². The number of hydrogen-bond donors (Lipinski definition) is 2. The van der Waals surface area contributed by atoms with Crippen LogP contribution in [-0.4, -0.2) is 40.6 Å². The molecule has 0 aliphatic carbocycles. The van der Waals surface area contributed by atoms with Gasteiger partial charge in [0.25, 0.3) is 0 Å². The third-order valence-electron chi connectivity index (χ3n) is 5.53. The maximum absolute atomic E-state index is 13.0. The molecule has 2 fully saturated rings. The number of nitrogens with zero attached hydrogens (tertiary/aromatic N) is 2. The Kier molecular flexibility index (Phi) is 3.21. The maximum Gasteiger partial charge on any atom is 0.231 e. The Labute approximate surface area is 135 Å². The number of fused-ring (bicyclic) bond motifs is 2. The summed E-state index contributed by atoms with van der Waals surface area (Å²) in [6, 6.07) is 4.01. The molecule has 0 saturated carbocycles. The lowest BCUT2D eigenvalue weighted by Gasteiger charge is -2.37. The van der Waals surface area contributed by atoms with Crippen LogP contribution in [0.1, 0.15) is 19.4 Å². The van der Waals surface area contributed by atoms with Crippen molar-refractivity contribution in [2.24, 2.45) is 11.3 Å². The van der Waals surface area contributed by atoms with Gasteiger partial charge in [-0.2, -0.15) is 0 Å². The zero-order chi connectivity index (χ0) is 16.1. The molecule has 23 heavy (non-hydrogen) atoms. The van der Waals surface area contributed by atoms with Crippen LogP contribution in [0.5, 0.6) is 0 Å². The first-order valence-electron chi connectivity index (χ1n) is 8.07. The Hall–Kier alpha value is -1.92. The first kappa shape index (κ1) is 14.7. The van der Waals surface area contributed by atoms with Gasteiger partial charge in [-0.15, -0.1) is 0 Å². The number of aromatic nitrogens is 2. The van der Waals surface area contributed by atoms with E-state index in [1.807, 2.05) is 42.8 Å². The molecule has 2 aliphatic rings. The Morgan fingerprint density at radius 1 is 1.52 bits per heavy atom. The summed E-state index contributed by atoms with van der Waals surface area (Å²) in [5.41, 5.74) is 1.01. The normalized spacial score (nSPS) is 28.9. The van der Waals surface area contributed by atoms with E-state index in [0.717, 1.165) is 17.8 Å². The first-order valence-corrected chi connectivity index (χ1v) is 8.07. The summed E-state index contributed by atoms with van der Waals surface area (Å²) in [5, 5.41) is 6.49. The summed E-state index contributed by atoms with van der Waals surface area (Å²) >= 11 is 0. The van der Waals surface area contributed by atoms with Gasteiger partial charge in [-0.05, 0) is 31.5 Å². The summed E-state index contributed by atoms with van der Waals surface area (Å²) in [7, 11) is 0. The molecule has 122 valence electrons. The van der Waals surface area contributed by atoms with E-state index < -0.39 is 11.0 Å². The molecular weight excluding hydrogens is 292 g/mol. The second-order valence-corrected chi connectivity index (χ2v) is 7.03. The molecule has 2 N–H and O–H groups in total. The van der Waals surface area contributed by atoms with Gasteiger partial charge in [-0.25, -0.2) is 4.98 Å². The Morgan fingerprint density at radius 3 is 3.26 bits per heavy atom. The summed E-state index contributed by atoms with van der Waals surface area (Å²) < 4.78 is 7.87. The highest BCUT2D eigenvalue weighted by molar-refractivity contribution is 5.85. The summed E-state index contributed by atoms with van der Waals surface area (Å²) in [4.78, 5) is 17.3. The number of carbonyl (C=O) groups excluding carboxylic acids is 1. The minimum atomic E-state index is -0.482. The fraction of sp³-hybridized carbons (Fsp3) is 0.529. The van der Waals surface area contributed by atoms with Crippen molar-refractivity contribution in [3.8, 4) is 0 Å². The minimum absolute atomic E-state index is 0.0817. The molecule has 2 aliphatic heterocycles. The highest BCUT2D eigenvalue weighted by Crippen LogP contribution is 2.49. The lowest BCUT2D eigenvalue weighted by molar-refractivity contribution is -0.140. The van der Waals surface area contributed by atoms with Crippen molar-refractivity contribution in [1.29, 1.82) is 0 Å². The number of pyridine rings is 1. The van der Waals surface area contributed by atoms with Crippen molar-refractivity contribution < 1.29 is 9.53 Å². The second kappa shape index (κ2) is 5.04. The van der Waals surface area contributed by atoms with Gasteiger partial charge >= 0.3 is 0 Å². The average Bonchev–Trinajstić information content (AvgIpc) is 3.21. The minimum Gasteiger partial charge on any atom is -0.374 e. The van der Waals surface area contributed by atoms with E-state index >= 15 is 0 Å². The van der Waals surface area contributed by atoms with Crippen molar-refractivity contribution in [3.63, 3.8) is 0 Å². The molecular formula is C17H22N4O2. The Balaban J connectivity index is 1.53. The molecule has 4 heterocycles. The van der Waals surface area contributed by atoms with Gasteiger partial charge in [0.15, 0.2) is 0 Å². The quantitative estimate of drug-likeness (QED) is 0.886. The van der Waals surface area contributed by atoms with Crippen molar-refractivity contribution in [2.45, 2.75) is 26.0 Å². The first-order chi connectivity index (χ1) is 11.0. The molecule has 2 unspecified atom stereocenters. The Morgan fingerprint density at radius 2 is 2.39 bits per heavy atom. The zero-order valence-corrected chi connectivity index (χ0v) is 13.5. The molecule has 0 radical (unpaired) electrons. The number of rotatable bonds is 3. The number of hydrogen-bond acceptors (Lipinski definition) is 4. The number of amides is 1. The summed E-state index contributed by atoms with van der Waals surface area (Å²) in [6.45, 7) is 6.72. The summed E-state index contributed by atoms with van der Waals surface area (Å²) in [6.07, 6.45) is 5.64. The molecule has 2 saturated heterocycles. The van der Waals surface area contributed by atoms with Crippen LogP contribution >= 0.6 is 0 Å². The maximum atomic E-state index is 13.0. The highest BCUT2D eigenvalue weighted by atomic mass is 16.5. The molecule has 6 heteroatoms. The molecule has 0 bridgehead atoms. The Bertz CT molecular complexity index is 754. The fourth-order valence-corrected chi connectivity index (χ4v) is 4.05. The standard InChI is InChI=1S/C17H22N4O2/c1-16(2)17(11-18-9-13(17)10-23-16)15(22)20-8-12-3-5-21-6-4-19-14(21)7-12/h3-7,13,18H,8-11H2,1-2H3,(H,20,22). The smallest absolute Gasteiger partial charge is 0.231 e. The van der Waals surface area contributed by atoms with Gasteiger partial charge in [0.05, 0.1) is 17.6 Å². The molecule has 2 aromatic rings. The van der Waals surface area contributed by atoms with E-state index in [2.05, 4.69) is 15.6 Å². The molecule has 2 aromatic heterocycles. The molecule has 6 nitrogen and oxygen atoms in total. The average molecular weight is 314 g/mol. The van der Waals surface area contributed by atoms with E-state index in [1.165, 1.54) is 0 Å². The van der Waals surface area contributed by atoms with Gasteiger partial charge in [-0.3, -0.25) is 4.79 Å². The number of nitrogens with one attached hydrogen (secondary N) is 2. The van der Waals surface area contributed by atoms with E-state index in [0.29, 0.717) is 19.7 Å². The van der Waals surface area contributed by atoms with Gasteiger partial charge in [-0.1, -0.05) is 0 Å². The fourth-order valence-electron chi connectivity index (χ4n) is 4.05. The van der Waals surface area contributed by atoms with Crippen LogP contribution in [0, 0.1) is 11.3 Å². The number of imidazole rings is 1. The molecule has 1 amide bonds. The number of carbonyl (C=O) groups is 1. The van der Waals surface area contributed by atoms with Gasteiger partial charge in [0, 0.05) is 44.1 Å². The van der Waals surface area contributed by atoms with Gasteiger partial charge in [0.2, 0.25) is 5.91 Å². The third kappa shape index (κ3) is 2.09. The van der Waals surface area contributed by atoms with Crippen LogP contribution in [0.4, 0.5) is 0 Å². The van der Waals surface area contributed by atoms with Crippen molar-refractivity contribution in [1.82, 2.24) is 20.0 Å². The molecule has 0 spiro atoms. The highest BCUT2D eigenvalue weighted by Gasteiger charge is 2.63. The summed E-state index contributed by atoms with van der Waals surface area (Å²) in [5.74, 6) is 0.325. The molecule has 2 atom stereocenters. The van der Waals surface area contributed by atoms with Crippen molar-refractivity contribution in [2.75, 3.05) is 19.7 Å². The predicted octanol–water partition coefficient (Wildman–Crippen LogP) is 0.965. The van der Waals surface area contributed by atoms with E-state index in [9.17, 15) is 4.79 Å². The largest absolute Gasteiger partial charge is 0.374 e. The van der Waals surface area contributed by atoms with Crippen LogP contribution in [0.25, 0.3) is 5.65 Å². The van der Waals surface area contributed by atoms with Gasteiger partial charge in [0.1, 0.15) is 5.65 Å². The molecule has 0 aromatic carbocycles. The van der Waals surface area contributed by atoms with E-state index in [1.54, 1.807) is 6.20 Å². The van der Waals surface area contributed by atoms with Crippen LogP contribution in [-0.2, 0) is 16.1 Å². The zero-order valence-electron chi connectivity index (χ0n) is 13.5. The van der Waals surface area contributed by atoms with Crippen LogP contribution in [0.2, 0.25) is 0 Å².